The highest BCUT2D eigenvalue weighted by molar-refractivity contribution is 5.94. The van der Waals surface area contributed by atoms with E-state index in [1.807, 2.05) is 0 Å². The molecular weight excluding hydrogens is 275 g/mol. The summed E-state index contributed by atoms with van der Waals surface area (Å²) < 4.78 is 19.3. The molecule has 0 aliphatic carbocycles. The van der Waals surface area contributed by atoms with Gasteiger partial charge < -0.3 is 20.5 Å². The minimum atomic E-state index is -0.615. The van der Waals surface area contributed by atoms with E-state index in [1.54, 1.807) is 6.07 Å². The van der Waals surface area contributed by atoms with Gasteiger partial charge in [0, 0.05) is 18.7 Å². The molecule has 6 heteroatoms. The molecular formula is C15H17FN2O3. The van der Waals surface area contributed by atoms with Crippen molar-refractivity contribution in [3.05, 3.63) is 35.1 Å². The highest BCUT2D eigenvalue weighted by Crippen LogP contribution is 2.15. The van der Waals surface area contributed by atoms with Gasteiger partial charge in [-0.15, -0.1) is 0 Å². The van der Waals surface area contributed by atoms with Crippen molar-refractivity contribution in [2.45, 2.75) is 6.10 Å². The zero-order valence-electron chi connectivity index (χ0n) is 11.5. The molecule has 1 aromatic rings. The summed E-state index contributed by atoms with van der Waals surface area (Å²) in [5, 5.41) is 9.07. The average molecular weight is 292 g/mol. The molecule has 1 atom stereocenters. The lowest BCUT2D eigenvalue weighted by Gasteiger charge is -2.32. The predicted octanol–water partition coefficient (Wildman–Crippen LogP) is -0.0308. The summed E-state index contributed by atoms with van der Waals surface area (Å²) in [6.45, 7) is 0.990. The second-order valence-electron chi connectivity index (χ2n) is 4.63. The fraction of sp³-hybridized carbons (Fsp3) is 0.400. The number of halogens is 1. The maximum absolute atomic E-state index is 14.0. The molecule has 3 N–H and O–H groups in total. The van der Waals surface area contributed by atoms with Gasteiger partial charge in [0.05, 0.1) is 31.4 Å². The molecule has 0 saturated carbocycles. The second kappa shape index (κ2) is 7.18. The number of benzene rings is 1. The Morgan fingerprint density at radius 3 is 3.05 bits per heavy atom. The molecule has 5 nitrogen and oxygen atoms in total. The van der Waals surface area contributed by atoms with Gasteiger partial charge >= 0.3 is 0 Å². The van der Waals surface area contributed by atoms with Crippen LogP contribution in [0.3, 0.4) is 0 Å². The van der Waals surface area contributed by atoms with Crippen LogP contribution in [0.25, 0.3) is 0 Å². The zero-order chi connectivity index (χ0) is 15.2. The van der Waals surface area contributed by atoms with E-state index in [9.17, 15) is 9.18 Å². The maximum atomic E-state index is 14.0. The number of nitrogens with zero attached hydrogens (tertiary/aromatic N) is 1. The number of rotatable bonds is 2. The molecule has 1 fully saturated rings. The highest BCUT2D eigenvalue weighted by atomic mass is 19.1. The van der Waals surface area contributed by atoms with Crippen LogP contribution < -0.4 is 5.73 Å². The standard InChI is InChI=1S/C15H17FN2O3/c16-14-8-11(2-1-5-17)3-4-13(14)15(20)18-6-7-21-12(9-18)10-19/h3-4,8,12,19H,5-7,9-10,17H2. The van der Waals surface area contributed by atoms with Crippen molar-refractivity contribution >= 4 is 5.91 Å². The summed E-state index contributed by atoms with van der Waals surface area (Å²) >= 11 is 0. The van der Waals surface area contributed by atoms with Crippen molar-refractivity contribution in [2.75, 3.05) is 32.8 Å². The van der Waals surface area contributed by atoms with E-state index in [-0.39, 0.29) is 25.3 Å². The van der Waals surface area contributed by atoms with Crippen LogP contribution in [0.2, 0.25) is 0 Å². The van der Waals surface area contributed by atoms with Gasteiger partial charge in [-0.2, -0.15) is 0 Å². The van der Waals surface area contributed by atoms with Crippen molar-refractivity contribution < 1.29 is 19.0 Å². The van der Waals surface area contributed by atoms with Crippen molar-refractivity contribution in [3.63, 3.8) is 0 Å². The number of morpholine rings is 1. The van der Waals surface area contributed by atoms with Gasteiger partial charge in [-0.25, -0.2) is 4.39 Å². The smallest absolute Gasteiger partial charge is 0.256 e. The molecule has 1 amide bonds. The van der Waals surface area contributed by atoms with Gasteiger partial charge in [0.2, 0.25) is 0 Å². The van der Waals surface area contributed by atoms with Crippen molar-refractivity contribution in [3.8, 4) is 11.8 Å². The van der Waals surface area contributed by atoms with Crippen LogP contribution in [0.1, 0.15) is 15.9 Å². The van der Waals surface area contributed by atoms with Crippen LogP contribution in [0, 0.1) is 17.7 Å². The van der Waals surface area contributed by atoms with E-state index in [0.29, 0.717) is 18.7 Å². The topological polar surface area (TPSA) is 75.8 Å². The average Bonchev–Trinajstić information content (AvgIpc) is 2.52. The molecule has 0 aromatic heterocycles. The Kier molecular flexibility index (Phi) is 5.28. The molecule has 0 spiro atoms. The van der Waals surface area contributed by atoms with Gasteiger partial charge in [-0.3, -0.25) is 4.79 Å². The Balaban J connectivity index is 2.15. The predicted molar refractivity (Wildman–Crippen MR) is 75.1 cm³/mol. The van der Waals surface area contributed by atoms with E-state index in [1.165, 1.54) is 17.0 Å². The number of hydrogen-bond donors (Lipinski definition) is 2. The lowest BCUT2D eigenvalue weighted by atomic mass is 10.1. The Morgan fingerprint density at radius 2 is 2.38 bits per heavy atom. The minimum Gasteiger partial charge on any atom is -0.394 e. The number of ether oxygens (including phenoxy) is 1. The summed E-state index contributed by atoms with van der Waals surface area (Å²) in [4.78, 5) is 13.8. The third-order valence-electron chi connectivity index (χ3n) is 3.16. The fourth-order valence-electron chi connectivity index (χ4n) is 2.10. The zero-order valence-corrected chi connectivity index (χ0v) is 11.5. The van der Waals surface area contributed by atoms with Gasteiger partial charge in [0.15, 0.2) is 0 Å². The van der Waals surface area contributed by atoms with E-state index in [2.05, 4.69) is 11.8 Å². The van der Waals surface area contributed by atoms with Crippen LogP contribution in [-0.2, 0) is 4.74 Å². The molecule has 112 valence electrons. The Hall–Kier alpha value is -1.94. The first kappa shape index (κ1) is 15.4. The molecule has 1 aliphatic heterocycles. The van der Waals surface area contributed by atoms with Gasteiger partial charge in [-0.1, -0.05) is 11.8 Å². The molecule has 1 saturated heterocycles. The molecule has 0 bridgehead atoms. The first-order chi connectivity index (χ1) is 10.2. The van der Waals surface area contributed by atoms with Crippen molar-refractivity contribution in [1.82, 2.24) is 4.90 Å². The van der Waals surface area contributed by atoms with E-state index < -0.39 is 17.8 Å². The molecule has 1 heterocycles. The quantitative estimate of drug-likeness (QED) is 0.751. The van der Waals surface area contributed by atoms with E-state index >= 15 is 0 Å². The number of aliphatic hydroxyl groups excluding tert-OH is 1. The van der Waals surface area contributed by atoms with Crippen LogP contribution in [0.15, 0.2) is 18.2 Å². The number of aliphatic hydroxyl groups is 1. The fourth-order valence-corrected chi connectivity index (χ4v) is 2.10. The lowest BCUT2D eigenvalue weighted by Crippen LogP contribution is -2.47. The molecule has 21 heavy (non-hydrogen) atoms. The third-order valence-corrected chi connectivity index (χ3v) is 3.16. The SMILES string of the molecule is NCC#Cc1ccc(C(=O)N2CCOC(CO)C2)c(F)c1. The van der Waals surface area contributed by atoms with Crippen molar-refractivity contribution in [2.24, 2.45) is 5.73 Å². The van der Waals surface area contributed by atoms with E-state index in [0.717, 1.165) is 0 Å². The number of nitrogens with two attached hydrogens (primary N) is 1. The van der Waals surface area contributed by atoms with Crippen LogP contribution in [-0.4, -0.2) is 54.9 Å². The summed E-state index contributed by atoms with van der Waals surface area (Å²) in [5.41, 5.74) is 5.72. The monoisotopic (exact) mass is 292 g/mol. The number of amides is 1. The minimum absolute atomic E-state index is 0.00751. The molecule has 1 unspecified atom stereocenters. The number of hydrogen-bond acceptors (Lipinski definition) is 4. The van der Waals surface area contributed by atoms with E-state index in [4.69, 9.17) is 15.6 Å². The third kappa shape index (κ3) is 3.79. The second-order valence-corrected chi connectivity index (χ2v) is 4.63. The summed E-state index contributed by atoms with van der Waals surface area (Å²) in [6, 6.07) is 4.23. The molecule has 1 aromatic carbocycles. The van der Waals surface area contributed by atoms with Crippen LogP contribution in [0.5, 0.6) is 0 Å². The maximum Gasteiger partial charge on any atom is 0.256 e. The van der Waals surface area contributed by atoms with Crippen LogP contribution in [0.4, 0.5) is 4.39 Å². The van der Waals surface area contributed by atoms with Crippen LogP contribution >= 0.6 is 0 Å². The Morgan fingerprint density at radius 1 is 1.57 bits per heavy atom. The Bertz CT molecular complexity index is 580. The summed E-state index contributed by atoms with van der Waals surface area (Å²) in [7, 11) is 0. The highest BCUT2D eigenvalue weighted by Gasteiger charge is 2.26. The number of carbonyl (C=O) groups is 1. The molecule has 0 radical (unpaired) electrons. The van der Waals surface area contributed by atoms with Crippen molar-refractivity contribution in [1.29, 1.82) is 0 Å². The Labute approximate surface area is 122 Å². The largest absolute Gasteiger partial charge is 0.394 e. The first-order valence-electron chi connectivity index (χ1n) is 6.66. The number of carbonyl (C=O) groups excluding carboxylic acids is 1. The summed E-state index contributed by atoms with van der Waals surface area (Å²) in [6.07, 6.45) is -0.416. The van der Waals surface area contributed by atoms with Gasteiger partial charge in [-0.05, 0) is 18.2 Å². The molecule has 1 aliphatic rings. The normalized spacial score (nSPS) is 18.0. The lowest BCUT2D eigenvalue weighted by molar-refractivity contribution is -0.0448. The van der Waals surface area contributed by atoms with Gasteiger partial charge in [0.25, 0.3) is 5.91 Å². The first-order valence-corrected chi connectivity index (χ1v) is 6.66. The van der Waals surface area contributed by atoms with Gasteiger partial charge in [0.1, 0.15) is 5.82 Å². The summed E-state index contributed by atoms with van der Waals surface area (Å²) in [5.74, 6) is 4.32. The molecule has 2 rings (SSSR count).